The summed E-state index contributed by atoms with van der Waals surface area (Å²) in [6.07, 6.45) is 0.519. The molecule has 1 aromatic heterocycles. The van der Waals surface area contributed by atoms with E-state index in [1.165, 1.54) is 0 Å². The maximum atomic E-state index is 9.10. The zero-order valence-electron chi connectivity index (χ0n) is 11.6. The molecule has 0 saturated heterocycles. The van der Waals surface area contributed by atoms with E-state index in [9.17, 15) is 0 Å². The molecule has 0 N–H and O–H groups in total. The van der Waals surface area contributed by atoms with Gasteiger partial charge in [-0.3, -0.25) is 0 Å². The largest absolute Gasteiger partial charge is 0.339 e. The highest BCUT2D eigenvalue weighted by atomic mass is 35.5. The van der Waals surface area contributed by atoms with Gasteiger partial charge in [-0.05, 0) is 23.1 Å². The molecule has 0 radical (unpaired) electrons. The fourth-order valence-electron chi connectivity index (χ4n) is 2.64. The molecular formula is C15H13Cl2N3O. The minimum atomic E-state index is -0.0951. The number of hydrogen-bond donors (Lipinski definition) is 0. The molecule has 0 bridgehead atoms. The molecule has 6 heteroatoms. The summed E-state index contributed by atoms with van der Waals surface area (Å²) in [5, 5.41) is 14.1. The predicted molar refractivity (Wildman–Crippen MR) is 79.2 cm³/mol. The molecule has 2 aromatic rings. The number of nitriles is 1. The van der Waals surface area contributed by atoms with Crippen molar-refractivity contribution < 1.29 is 4.52 Å². The van der Waals surface area contributed by atoms with Gasteiger partial charge >= 0.3 is 0 Å². The number of rotatable bonds is 3. The Morgan fingerprint density at radius 3 is 2.71 bits per heavy atom. The lowest BCUT2D eigenvalue weighted by atomic mass is 10.1. The van der Waals surface area contributed by atoms with Gasteiger partial charge in [0.15, 0.2) is 5.82 Å². The fraction of sp³-hybridized carbons (Fsp3) is 0.400. The minimum absolute atomic E-state index is 0.0255. The van der Waals surface area contributed by atoms with Gasteiger partial charge in [0.25, 0.3) is 0 Å². The van der Waals surface area contributed by atoms with E-state index in [1.54, 1.807) is 12.1 Å². The van der Waals surface area contributed by atoms with Crippen LogP contribution >= 0.6 is 23.2 Å². The van der Waals surface area contributed by atoms with Crippen molar-refractivity contribution in [2.75, 3.05) is 0 Å². The van der Waals surface area contributed by atoms with Crippen molar-refractivity contribution in [2.24, 2.45) is 11.3 Å². The van der Waals surface area contributed by atoms with Crippen molar-refractivity contribution in [3.8, 4) is 6.07 Å². The molecule has 0 spiro atoms. The highest BCUT2D eigenvalue weighted by Gasteiger charge is 2.62. The molecular weight excluding hydrogens is 309 g/mol. The Labute approximate surface area is 132 Å². The Balaban J connectivity index is 1.77. The minimum Gasteiger partial charge on any atom is -0.339 e. The van der Waals surface area contributed by atoms with E-state index in [2.05, 4.69) is 16.2 Å². The molecule has 1 aliphatic carbocycles. The molecule has 1 aromatic carbocycles. The third-order valence-corrected chi connectivity index (χ3v) is 4.80. The van der Waals surface area contributed by atoms with E-state index in [1.807, 2.05) is 19.9 Å². The van der Waals surface area contributed by atoms with Gasteiger partial charge in [0, 0.05) is 6.42 Å². The Bertz CT molecular complexity index is 733. The lowest BCUT2D eigenvalue weighted by Crippen LogP contribution is -1.93. The van der Waals surface area contributed by atoms with E-state index < -0.39 is 0 Å². The summed E-state index contributed by atoms with van der Waals surface area (Å²) < 4.78 is 5.31. The summed E-state index contributed by atoms with van der Waals surface area (Å²) >= 11 is 11.9. The lowest BCUT2D eigenvalue weighted by Gasteiger charge is -1.99. The second-order valence-electron chi connectivity index (χ2n) is 5.88. The average Bonchev–Trinajstić information content (AvgIpc) is 2.77. The Morgan fingerprint density at radius 1 is 1.33 bits per heavy atom. The van der Waals surface area contributed by atoms with Gasteiger partial charge in [-0.15, -0.1) is 0 Å². The van der Waals surface area contributed by atoms with Crippen LogP contribution in [0.25, 0.3) is 0 Å². The summed E-state index contributed by atoms with van der Waals surface area (Å²) in [4.78, 5) is 4.41. The molecule has 108 valence electrons. The zero-order chi connectivity index (χ0) is 15.2. The number of halogens is 2. The Morgan fingerprint density at radius 2 is 2.10 bits per heavy atom. The van der Waals surface area contributed by atoms with Crippen LogP contribution in [-0.4, -0.2) is 10.1 Å². The summed E-state index contributed by atoms with van der Waals surface area (Å²) in [5.41, 5.74) is 0.867. The van der Waals surface area contributed by atoms with Crippen LogP contribution in [0.1, 0.15) is 37.0 Å². The quantitative estimate of drug-likeness (QED) is 0.848. The molecule has 0 amide bonds. The van der Waals surface area contributed by atoms with Gasteiger partial charge in [-0.1, -0.05) is 48.3 Å². The maximum Gasteiger partial charge on any atom is 0.231 e. The van der Waals surface area contributed by atoms with Gasteiger partial charge in [0.2, 0.25) is 5.89 Å². The monoisotopic (exact) mass is 321 g/mol. The van der Waals surface area contributed by atoms with Gasteiger partial charge in [0.05, 0.1) is 28.0 Å². The highest BCUT2D eigenvalue weighted by molar-refractivity contribution is 6.42. The molecule has 1 saturated carbocycles. The normalized spacial score (nSPS) is 22.8. The van der Waals surface area contributed by atoms with Gasteiger partial charge in [0.1, 0.15) is 0 Å². The maximum absolute atomic E-state index is 9.10. The Hall–Kier alpha value is -1.57. The fourth-order valence-corrected chi connectivity index (χ4v) is 2.96. The highest BCUT2D eigenvalue weighted by Crippen LogP contribution is 2.63. The van der Waals surface area contributed by atoms with E-state index >= 15 is 0 Å². The van der Waals surface area contributed by atoms with E-state index in [4.69, 9.17) is 33.0 Å². The van der Waals surface area contributed by atoms with E-state index in [0.29, 0.717) is 28.2 Å². The van der Waals surface area contributed by atoms with Gasteiger partial charge in [-0.25, -0.2) is 0 Å². The summed E-state index contributed by atoms with van der Waals surface area (Å²) in [6.45, 7) is 4.07. The van der Waals surface area contributed by atoms with E-state index in [0.717, 1.165) is 5.56 Å². The standard InChI is InChI=1S/C15H13Cl2N3O/c1-15(2)9(7-18)13(15)14-19-12(20-21-14)6-8-3-4-10(16)11(17)5-8/h3-5,9,13H,6H2,1-2H3. The van der Waals surface area contributed by atoms with Crippen LogP contribution in [0.2, 0.25) is 10.0 Å². The van der Waals surface area contributed by atoms with E-state index in [-0.39, 0.29) is 17.3 Å². The molecule has 0 aliphatic heterocycles. The van der Waals surface area contributed by atoms with Crippen LogP contribution < -0.4 is 0 Å². The van der Waals surface area contributed by atoms with Crippen molar-refractivity contribution in [3.63, 3.8) is 0 Å². The second-order valence-corrected chi connectivity index (χ2v) is 6.69. The van der Waals surface area contributed by atoms with Crippen molar-refractivity contribution in [1.29, 1.82) is 5.26 Å². The number of hydrogen-bond acceptors (Lipinski definition) is 4. The summed E-state index contributed by atoms with van der Waals surface area (Å²) in [7, 11) is 0. The number of nitrogens with zero attached hydrogens (tertiary/aromatic N) is 3. The summed E-state index contributed by atoms with van der Waals surface area (Å²) in [5.74, 6) is 1.10. The summed E-state index contributed by atoms with van der Waals surface area (Å²) in [6, 6.07) is 7.71. The molecule has 2 atom stereocenters. The molecule has 2 unspecified atom stereocenters. The first-order valence-electron chi connectivity index (χ1n) is 6.59. The number of benzene rings is 1. The van der Waals surface area contributed by atoms with Crippen molar-refractivity contribution in [3.05, 3.63) is 45.5 Å². The van der Waals surface area contributed by atoms with Crippen LogP contribution in [-0.2, 0) is 6.42 Å². The van der Waals surface area contributed by atoms with Crippen molar-refractivity contribution >= 4 is 23.2 Å². The molecule has 3 rings (SSSR count). The van der Waals surface area contributed by atoms with Crippen LogP contribution in [0.4, 0.5) is 0 Å². The van der Waals surface area contributed by atoms with Crippen molar-refractivity contribution in [2.45, 2.75) is 26.2 Å². The van der Waals surface area contributed by atoms with Crippen LogP contribution in [0.3, 0.4) is 0 Å². The first kappa shape index (κ1) is 14.4. The lowest BCUT2D eigenvalue weighted by molar-refractivity contribution is 0.363. The first-order chi connectivity index (χ1) is 9.93. The average molecular weight is 322 g/mol. The van der Waals surface area contributed by atoms with Crippen LogP contribution in [0, 0.1) is 22.7 Å². The topological polar surface area (TPSA) is 62.7 Å². The first-order valence-corrected chi connectivity index (χ1v) is 7.35. The smallest absolute Gasteiger partial charge is 0.231 e. The number of aromatic nitrogens is 2. The van der Waals surface area contributed by atoms with Crippen LogP contribution in [0.5, 0.6) is 0 Å². The predicted octanol–water partition coefficient (Wildman–Crippen LogP) is 4.23. The molecule has 4 nitrogen and oxygen atoms in total. The third-order valence-electron chi connectivity index (χ3n) is 4.06. The third kappa shape index (κ3) is 2.52. The Kier molecular flexibility index (Phi) is 3.43. The molecule has 21 heavy (non-hydrogen) atoms. The van der Waals surface area contributed by atoms with Gasteiger partial charge in [-0.2, -0.15) is 10.2 Å². The molecule has 1 heterocycles. The molecule has 1 aliphatic rings. The van der Waals surface area contributed by atoms with Gasteiger partial charge < -0.3 is 4.52 Å². The van der Waals surface area contributed by atoms with Crippen molar-refractivity contribution in [1.82, 2.24) is 10.1 Å². The SMILES string of the molecule is CC1(C)C(C#N)C1c1nc(Cc2ccc(Cl)c(Cl)c2)no1. The molecule has 1 fully saturated rings. The van der Waals surface area contributed by atoms with Crippen LogP contribution in [0.15, 0.2) is 22.7 Å². The second kappa shape index (κ2) is 5.01. The zero-order valence-corrected chi connectivity index (χ0v) is 13.1.